The number of ether oxygens (including phenoxy) is 3. The van der Waals surface area contributed by atoms with Crippen molar-refractivity contribution < 1.29 is 23.4 Å². The van der Waals surface area contributed by atoms with Crippen LogP contribution in [0.15, 0.2) is 36.4 Å². The molecular weight excluding hydrogens is 424 g/mol. The quantitative estimate of drug-likeness (QED) is 0.465. The average Bonchev–Trinajstić information content (AvgIpc) is 2.76. The third-order valence-electron chi connectivity index (χ3n) is 6.49. The van der Waals surface area contributed by atoms with E-state index in [1.165, 1.54) is 11.1 Å². The summed E-state index contributed by atoms with van der Waals surface area (Å²) in [4.78, 5) is 0. The maximum Gasteiger partial charge on any atom is 0.180 e. The van der Waals surface area contributed by atoms with Gasteiger partial charge in [0.1, 0.15) is 5.75 Å². The number of aliphatic hydroxyl groups excluding tert-OH is 1. The fourth-order valence-corrected chi connectivity index (χ4v) is 12.8. The Kier molecular flexibility index (Phi) is 8.38. The summed E-state index contributed by atoms with van der Waals surface area (Å²) in [6, 6.07) is 12.2. The maximum atomic E-state index is 9.71. The second-order valence-electron chi connectivity index (χ2n) is 9.10. The van der Waals surface area contributed by atoms with Gasteiger partial charge in [-0.2, -0.15) is 0 Å². The van der Waals surface area contributed by atoms with Crippen LogP contribution in [0.25, 0.3) is 0 Å². The van der Waals surface area contributed by atoms with Crippen molar-refractivity contribution in [3.05, 3.63) is 53.1 Å². The van der Waals surface area contributed by atoms with Crippen molar-refractivity contribution in [2.75, 3.05) is 21.3 Å². The van der Waals surface area contributed by atoms with Crippen LogP contribution in [0.5, 0.6) is 17.2 Å². The molecule has 2 unspecified atom stereocenters. The zero-order valence-corrected chi connectivity index (χ0v) is 22.4. The molecule has 0 fully saturated rings. The molecule has 2 aromatic rings. The predicted octanol–water partition coefficient (Wildman–Crippen LogP) is 5.62. The van der Waals surface area contributed by atoms with Crippen LogP contribution in [0.1, 0.15) is 41.6 Å². The van der Waals surface area contributed by atoms with E-state index in [4.69, 9.17) is 18.3 Å². The molecule has 0 heterocycles. The molecule has 1 N–H and O–H groups in total. The van der Waals surface area contributed by atoms with Crippen LogP contribution >= 0.6 is 0 Å². The van der Waals surface area contributed by atoms with Crippen LogP contribution in [0.3, 0.4) is 0 Å². The van der Waals surface area contributed by atoms with Crippen molar-refractivity contribution >= 4 is 16.6 Å². The normalized spacial score (nSPS) is 14.1. The van der Waals surface area contributed by atoms with Crippen molar-refractivity contribution in [3.63, 3.8) is 0 Å². The minimum absolute atomic E-state index is 0.0385. The van der Waals surface area contributed by atoms with Crippen molar-refractivity contribution in [1.29, 1.82) is 0 Å². The van der Waals surface area contributed by atoms with Crippen molar-refractivity contribution in [3.8, 4) is 17.2 Å². The van der Waals surface area contributed by atoms with E-state index in [1.807, 2.05) is 18.2 Å². The zero-order chi connectivity index (χ0) is 23.4. The second kappa shape index (κ2) is 10.2. The van der Waals surface area contributed by atoms with Gasteiger partial charge in [-0.05, 0) is 72.7 Å². The summed E-state index contributed by atoms with van der Waals surface area (Å²) >= 11 is 0. The number of methoxy groups -OCH3 is 3. The van der Waals surface area contributed by atoms with Gasteiger partial charge in [-0.1, -0.05) is 26.0 Å². The minimum Gasteiger partial charge on any atom is -0.496 e. The van der Waals surface area contributed by atoms with Gasteiger partial charge in [0.25, 0.3) is 0 Å². The molecule has 0 spiro atoms. The standard InChI is InChI=1S/C24H38O5Si2/c1-17(19-10-12-22(26-3)21(14-19)16-25)30(6,7)29-31(8,9)18(2)20-11-13-23(27-4)24(15-20)28-5/h10-15,17-18,25H,16H2,1-9H3. The Bertz CT molecular complexity index is 811. The van der Waals surface area contributed by atoms with Crippen LogP contribution in [-0.2, 0) is 10.7 Å². The molecular formula is C24H38O5Si2. The van der Waals surface area contributed by atoms with Crippen molar-refractivity contribution in [1.82, 2.24) is 0 Å². The Morgan fingerprint density at radius 1 is 0.710 bits per heavy atom. The Hall–Kier alpha value is -1.81. The molecule has 0 saturated heterocycles. The summed E-state index contributed by atoms with van der Waals surface area (Å²) in [7, 11) is 0.757. The molecule has 0 aliphatic carbocycles. The van der Waals surface area contributed by atoms with Gasteiger partial charge >= 0.3 is 0 Å². The SMILES string of the molecule is COc1ccc(C(C)[Si](C)(C)O[Si](C)(C)C(C)c2ccc(OC)c(OC)c2)cc1CO. The molecule has 0 aromatic heterocycles. The van der Waals surface area contributed by atoms with Crippen molar-refractivity contribution in [2.24, 2.45) is 0 Å². The summed E-state index contributed by atoms with van der Waals surface area (Å²) < 4.78 is 23.3. The van der Waals surface area contributed by atoms with Crippen LogP contribution in [-0.4, -0.2) is 43.1 Å². The number of hydrogen-bond acceptors (Lipinski definition) is 5. The molecule has 7 heteroatoms. The smallest absolute Gasteiger partial charge is 0.180 e. The van der Waals surface area contributed by atoms with Gasteiger partial charge < -0.3 is 23.4 Å². The monoisotopic (exact) mass is 462 g/mol. The van der Waals surface area contributed by atoms with Gasteiger partial charge in [0.2, 0.25) is 0 Å². The van der Waals surface area contributed by atoms with E-state index < -0.39 is 16.6 Å². The molecule has 31 heavy (non-hydrogen) atoms. The van der Waals surface area contributed by atoms with Gasteiger partial charge in [-0.25, -0.2) is 0 Å². The summed E-state index contributed by atoms with van der Waals surface area (Å²) in [5, 5.41) is 9.71. The highest BCUT2D eigenvalue weighted by Gasteiger charge is 2.41. The van der Waals surface area contributed by atoms with E-state index in [0.29, 0.717) is 0 Å². The number of benzene rings is 2. The third kappa shape index (κ3) is 5.71. The predicted molar refractivity (Wildman–Crippen MR) is 131 cm³/mol. The van der Waals surface area contributed by atoms with E-state index in [-0.39, 0.29) is 17.7 Å². The number of hydrogen-bond donors (Lipinski definition) is 1. The Morgan fingerprint density at radius 3 is 1.61 bits per heavy atom. The number of aliphatic hydroxyl groups is 1. The Labute approximate surface area is 189 Å². The van der Waals surface area contributed by atoms with Crippen molar-refractivity contribution in [2.45, 2.75) is 57.7 Å². The molecule has 2 rings (SSSR count). The molecule has 0 aliphatic rings. The lowest BCUT2D eigenvalue weighted by Gasteiger charge is -2.41. The summed E-state index contributed by atoms with van der Waals surface area (Å²) in [5.41, 5.74) is 3.76. The first-order valence-corrected chi connectivity index (χ1v) is 16.7. The molecule has 2 atom stereocenters. The topological polar surface area (TPSA) is 57.2 Å². The first kappa shape index (κ1) is 25.5. The average molecular weight is 463 g/mol. The van der Waals surface area contributed by atoms with Gasteiger partial charge in [-0.15, -0.1) is 0 Å². The summed E-state index contributed by atoms with van der Waals surface area (Å²) in [6.45, 7) is 13.6. The first-order chi connectivity index (χ1) is 14.5. The fraction of sp³-hybridized carbons (Fsp3) is 0.500. The second-order valence-corrected chi connectivity index (χ2v) is 18.1. The lowest BCUT2D eigenvalue weighted by atomic mass is 10.1. The third-order valence-corrected chi connectivity index (χ3v) is 15.5. The highest BCUT2D eigenvalue weighted by Crippen LogP contribution is 2.38. The van der Waals surface area contributed by atoms with E-state index in [2.05, 4.69) is 58.2 Å². The van der Waals surface area contributed by atoms with Gasteiger partial charge in [0, 0.05) is 5.56 Å². The van der Waals surface area contributed by atoms with Crippen LogP contribution in [0, 0.1) is 0 Å². The maximum absolute atomic E-state index is 9.71. The van der Waals surface area contributed by atoms with Crippen LogP contribution in [0.2, 0.25) is 26.2 Å². The summed E-state index contributed by atoms with van der Waals surface area (Å²) in [6.07, 6.45) is 0. The van der Waals surface area contributed by atoms with Gasteiger partial charge in [0.05, 0.1) is 27.9 Å². The molecule has 0 radical (unpaired) electrons. The van der Waals surface area contributed by atoms with E-state index >= 15 is 0 Å². The fourth-order valence-electron chi connectivity index (χ4n) is 3.97. The molecule has 0 bridgehead atoms. The Balaban J connectivity index is 2.27. The Morgan fingerprint density at radius 2 is 1.16 bits per heavy atom. The van der Waals surface area contributed by atoms with Crippen LogP contribution in [0.4, 0.5) is 0 Å². The highest BCUT2D eigenvalue weighted by molar-refractivity contribution is 6.86. The number of rotatable bonds is 10. The lowest BCUT2D eigenvalue weighted by Crippen LogP contribution is -2.50. The van der Waals surface area contributed by atoms with Gasteiger partial charge in [0.15, 0.2) is 28.1 Å². The van der Waals surface area contributed by atoms with E-state index in [0.717, 1.165) is 22.8 Å². The molecule has 172 valence electrons. The molecule has 0 saturated carbocycles. The molecule has 0 aliphatic heterocycles. The zero-order valence-electron chi connectivity index (χ0n) is 20.4. The van der Waals surface area contributed by atoms with E-state index in [9.17, 15) is 5.11 Å². The van der Waals surface area contributed by atoms with E-state index in [1.54, 1.807) is 21.3 Å². The largest absolute Gasteiger partial charge is 0.496 e. The molecule has 5 nitrogen and oxygen atoms in total. The first-order valence-electron chi connectivity index (χ1n) is 10.7. The summed E-state index contributed by atoms with van der Waals surface area (Å²) in [5.74, 6) is 2.20. The van der Waals surface area contributed by atoms with Crippen LogP contribution < -0.4 is 14.2 Å². The molecule has 0 amide bonds. The highest BCUT2D eigenvalue weighted by atomic mass is 28.4. The molecule has 2 aromatic carbocycles. The minimum atomic E-state index is -2.10. The van der Waals surface area contributed by atoms with Gasteiger partial charge in [-0.3, -0.25) is 0 Å². The lowest BCUT2D eigenvalue weighted by molar-refractivity contribution is 0.273.